The highest BCUT2D eigenvalue weighted by Gasteiger charge is 2.32. The number of likely N-dealkylation sites (tertiary alicyclic amines) is 1. The van der Waals surface area contributed by atoms with E-state index in [-0.39, 0.29) is 18.1 Å². The minimum Gasteiger partial charge on any atom is -0.391 e. The van der Waals surface area contributed by atoms with Crippen molar-refractivity contribution in [1.82, 2.24) is 14.7 Å². The Morgan fingerprint density at radius 3 is 2.65 bits per heavy atom. The second-order valence-electron chi connectivity index (χ2n) is 6.74. The third-order valence-electron chi connectivity index (χ3n) is 5.13. The van der Waals surface area contributed by atoms with Crippen molar-refractivity contribution >= 4 is 17.2 Å². The molecule has 2 aliphatic rings. The van der Waals surface area contributed by atoms with E-state index < -0.39 is 0 Å². The molecule has 0 spiro atoms. The molecule has 0 bridgehead atoms. The third-order valence-corrected chi connectivity index (χ3v) is 5.86. The summed E-state index contributed by atoms with van der Waals surface area (Å²) in [4.78, 5) is 19.2. The van der Waals surface area contributed by atoms with Crippen molar-refractivity contribution in [1.29, 1.82) is 0 Å². The van der Waals surface area contributed by atoms with Crippen LogP contribution in [0.25, 0.3) is 0 Å². The van der Waals surface area contributed by atoms with Crippen LogP contribution in [-0.2, 0) is 11.2 Å². The summed E-state index contributed by atoms with van der Waals surface area (Å²) in [6, 6.07) is 2.21. The SMILES string of the molecule is CN1CCN([C@H]2CCN(C(=O)Cc3ccsc3)CC[C@@H]2O)CC1. The van der Waals surface area contributed by atoms with Gasteiger partial charge in [-0.2, -0.15) is 11.3 Å². The lowest BCUT2D eigenvalue weighted by Crippen LogP contribution is -2.52. The van der Waals surface area contributed by atoms with Gasteiger partial charge in [0.2, 0.25) is 5.91 Å². The summed E-state index contributed by atoms with van der Waals surface area (Å²) in [6.45, 7) is 5.58. The first kappa shape index (κ1) is 16.9. The summed E-state index contributed by atoms with van der Waals surface area (Å²) >= 11 is 1.63. The first-order valence-corrected chi connectivity index (χ1v) is 9.47. The van der Waals surface area contributed by atoms with Crippen molar-refractivity contribution in [2.75, 3.05) is 46.3 Å². The Labute approximate surface area is 142 Å². The molecule has 1 amide bonds. The Morgan fingerprint density at radius 2 is 1.96 bits per heavy atom. The van der Waals surface area contributed by atoms with Crippen LogP contribution in [0.1, 0.15) is 18.4 Å². The van der Waals surface area contributed by atoms with E-state index in [0.717, 1.165) is 44.7 Å². The van der Waals surface area contributed by atoms with Crippen molar-refractivity contribution in [3.05, 3.63) is 22.4 Å². The molecule has 128 valence electrons. The Bertz CT molecular complexity index is 500. The van der Waals surface area contributed by atoms with Gasteiger partial charge in [0.05, 0.1) is 12.5 Å². The predicted octanol–water partition coefficient (Wildman–Crippen LogP) is 0.890. The van der Waals surface area contributed by atoms with Crippen molar-refractivity contribution in [3.63, 3.8) is 0 Å². The molecular weight excluding hydrogens is 310 g/mol. The average molecular weight is 337 g/mol. The molecule has 0 saturated carbocycles. The van der Waals surface area contributed by atoms with Gasteiger partial charge in [-0.25, -0.2) is 0 Å². The second-order valence-corrected chi connectivity index (χ2v) is 7.52. The number of hydrogen-bond acceptors (Lipinski definition) is 5. The van der Waals surface area contributed by atoms with E-state index in [0.29, 0.717) is 19.4 Å². The van der Waals surface area contributed by atoms with E-state index in [1.165, 1.54) is 0 Å². The fraction of sp³-hybridized carbons (Fsp3) is 0.706. The molecule has 2 atom stereocenters. The first-order valence-electron chi connectivity index (χ1n) is 8.53. The van der Waals surface area contributed by atoms with Crippen molar-refractivity contribution in [3.8, 4) is 0 Å². The minimum atomic E-state index is -0.322. The van der Waals surface area contributed by atoms with E-state index in [9.17, 15) is 9.90 Å². The van der Waals surface area contributed by atoms with Crippen LogP contribution in [0.2, 0.25) is 0 Å². The zero-order valence-corrected chi connectivity index (χ0v) is 14.7. The number of aliphatic hydroxyl groups is 1. The van der Waals surface area contributed by atoms with E-state index in [1.54, 1.807) is 11.3 Å². The van der Waals surface area contributed by atoms with Crippen LogP contribution < -0.4 is 0 Å². The molecule has 2 saturated heterocycles. The quantitative estimate of drug-likeness (QED) is 0.890. The molecule has 1 aromatic rings. The second kappa shape index (κ2) is 7.75. The maximum Gasteiger partial charge on any atom is 0.227 e. The highest BCUT2D eigenvalue weighted by molar-refractivity contribution is 7.07. The standard InChI is InChI=1S/C17H27N3O2S/c1-18-7-9-19(10-8-18)15-2-5-20(6-3-16(15)21)17(22)12-14-4-11-23-13-14/h4,11,13,15-16,21H,2-3,5-10,12H2,1H3/t15-,16-/m0/s1. The molecule has 5 nitrogen and oxygen atoms in total. The zero-order valence-electron chi connectivity index (χ0n) is 13.9. The average Bonchev–Trinajstić information content (AvgIpc) is 2.97. The number of hydrogen-bond donors (Lipinski definition) is 1. The van der Waals surface area contributed by atoms with Crippen molar-refractivity contribution in [2.24, 2.45) is 0 Å². The van der Waals surface area contributed by atoms with Gasteiger partial charge < -0.3 is 14.9 Å². The van der Waals surface area contributed by atoms with E-state index >= 15 is 0 Å². The largest absolute Gasteiger partial charge is 0.391 e. The smallest absolute Gasteiger partial charge is 0.227 e. The highest BCUT2D eigenvalue weighted by Crippen LogP contribution is 2.20. The maximum atomic E-state index is 12.5. The summed E-state index contributed by atoms with van der Waals surface area (Å²) in [5.41, 5.74) is 1.10. The number of amides is 1. The number of rotatable bonds is 3. The highest BCUT2D eigenvalue weighted by atomic mass is 32.1. The molecule has 0 radical (unpaired) electrons. The van der Waals surface area contributed by atoms with Gasteiger partial charge in [0.15, 0.2) is 0 Å². The van der Waals surface area contributed by atoms with E-state index in [4.69, 9.17) is 0 Å². The van der Waals surface area contributed by atoms with Gasteiger partial charge in [-0.15, -0.1) is 0 Å². The summed E-state index contributed by atoms with van der Waals surface area (Å²) in [5.74, 6) is 0.189. The molecule has 0 aromatic carbocycles. The molecule has 23 heavy (non-hydrogen) atoms. The van der Waals surface area contributed by atoms with Gasteiger partial charge in [0.1, 0.15) is 0 Å². The molecule has 1 N–H and O–H groups in total. The number of thiophene rings is 1. The van der Waals surface area contributed by atoms with Crippen molar-refractivity contribution in [2.45, 2.75) is 31.4 Å². The first-order chi connectivity index (χ1) is 11.1. The van der Waals surface area contributed by atoms with Gasteiger partial charge in [0, 0.05) is 45.3 Å². The van der Waals surface area contributed by atoms with Crippen LogP contribution in [0.5, 0.6) is 0 Å². The predicted molar refractivity (Wildman–Crippen MR) is 92.7 cm³/mol. The lowest BCUT2D eigenvalue weighted by atomic mass is 10.0. The lowest BCUT2D eigenvalue weighted by Gasteiger charge is -2.39. The fourth-order valence-corrected chi connectivity index (χ4v) is 4.25. The van der Waals surface area contributed by atoms with Crippen LogP contribution in [0, 0.1) is 0 Å². The lowest BCUT2D eigenvalue weighted by molar-refractivity contribution is -0.130. The molecule has 2 fully saturated rings. The van der Waals surface area contributed by atoms with Gasteiger partial charge in [-0.05, 0) is 42.3 Å². The van der Waals surface area contributed by atoms with Crippen LogP contribution in [0.3, 0.4) is 0 Å². The number of aliphatic hydroxyl groups excluding tert-OH is 1. The number of likely N-dealkylation sites (N-methyl/N-ethyl adjacent to an activating group) is 1. The Balaban J connectivity index is 1.56. The van der Waals surface area contributed by atoms with Gasteiger partial charge in [0.25, 0.3) is 0 Å². The Kier molecular flexibility index (Phi) is 5.69. The molecule has 3 rings (SSSR count). The summed E-state index contributed by atoms with van der Waals surface area (Å²) in [6.07, 6.45) is 1.73. The summed E-state index contributed by atoms with van der Waals surface area (Å²) in [7, 11) is 2.14. The molecule has 1 aromatic heterocycles. The van der Waals surface area contributed by atoms with Crippen molar-refractivity contribution < 1.29 is 9.90 Å². The number of carbonyl (C=O) groups excluding carboxylic acids is 1. The normalized spacial score (nSPS) is 27.8. The fourth-order valence-electron chi connectivity index (χ4n) is 3.58. The van der Waals surface area contributed by atoms with Crippen LogP contribution in [-0.4, -0.2) is 84.2 Å². The number of nitrogens with zero attached hydrogens (tertiary/aromatic N) is 3. The molecule has 0 unspecified atom stereocenters. The van der Waals surface area contributed by atoms with Gasteiger partial charge in [-0.3, -0.25) is 9.69 Å². The maximum absolute atomic E-state index is 12.5. The Morgan fingerprint density at radius 1 is 1.22 bits per heavy atom. The summed E-state index contributed by atoms with van der Waals surface area (Å²) < 4.78 is 0. The molecule has 2 aliphatic heterocycles. The van der Waals surface area contributed by atoms with Crippen LogP contribution in [0.4, 0.5) is 0 Å². The molecular formula is C17H27N3O2S. The zero-order chi connectivity index (χ0) is 16.2. The topological polar surface area (TPSA) is 47.0 Å². The molecule has 0 aliphatic carbocycles. The number of piperazine rings is 1. The summed E-state index contributed by atoms with van der Waals surface area (Å²) in [5, 5.41) is 14.6. The van der Waals surface area contributed by atoms with Crippen LogP contribution >= 0.6 is 11.3 Å². The Hall–Kier alpha value is -0.950. The van der Waals surface area contributed by atoms with Gasteiger partial charge >= 0.3 is 0 Å². The molecule has 6 heteroatoms. The number of carbonyl (C=O) groups is 1. The monoisotopic (exact) mass is 337 g/mol. The van der Waals surface area contributed by atoms with Gasteiger partial charge in [-0.1, -0.05) is 0 Å². The van der Waals surface area contributed by atoms with E-state index in [1.807, 2.05) is 21.7 Å². The van der Waals surface area contributed by atoms with E-state index in [2.05, 4.69) is 16.8 Å². The minimum absolute atomic E-state index is 0.189. The molecule has 3 heterocycles. The van der Waals surface area contributed by atoms with Crippen LogP contribution in [0.15, 0.2) is 16.8 Å². The third kappa shape index (κ3) is 4.32.